The summed E-state index contributed by atoms with van der Waals surface area (Å²) in [5.41, 5.74) is 0. The maximum atomic E-state index is 11.2. The molecule has 0 aromatic heterocycles. The number of hydrogen-bond acceptors (Lipinski definition) is 2. The van der Waals surface area contributed by atoms with E-state index < -0.39 is 10.1 Å². The molecule has 2 aromatic rings. The summed E-state index contributed by atoms with van der Waals surface area (Å²) >= 11 is 3.11. The predicted molar refractivity (Wildman–Crippen MR) is 68.6 cm³/mol. The standard InChI is InChI=1S/C10H7BrO3S.K.H/c11-9-6-5-7-3-1-2-4-8(7)10(9)15(12,13)14;;/h1-6H,(H,12,13,14);;. The normalized spacial score (nSPS) is 11.1. The predicted octanol–water partition coefficient (Wildman–Crippen LogP) is 2.20. The molecule has 16 heavy (non-hydrogen) atoms. The minimum absolute atomic E-state index is 0. The molecule has 0 unspecified atom stereocenters. The Balaban J connectivity index is 0.00000128. The Morgan fingerprint density at radius 1 is 1.06 bits per heavy atom. The minimum atomic E-state index is -4.21. The first-order chi connectivity index (χ1) is 7.00. The third-order valence-corrected chi connectivity index (χ3v) is 3.97. The zero-order valence-electron chi connectivity index (χ0n) is 7.51. The second-order valence-electron chi connectivity index (χ2n) is 3.07. The summed E-state index contributed by atoms with van der Waals surface area (Å²) in [6.07, 6.45) is 0. The fourth-order valence-electron chi connectivity index (χ4n) is 1.48. The first kappa shape index (κ1) is 14.8. The van der Waals surface area contributed by atoms with Crippen LogP contribution in [0.1, 0.15) is 0 Å². The molecular weight excluding hydrogens is 319 g/mol. The van der Waals surface area contributed by atoms with Crippen LogP contribution in [0.25, 0.3) is 10.8 Å². The molecular formula is C10H8BrKO3S. The van der Waals surface area contributed by atoms with Crippen LogP contribution in [0.15, 0.2) is 45.8 Å². The van der Waals surface area contributed by atoms with Gasteiger partial charge < -0.3 is 0 Å². The molecule has 1 N–H and O–H groups in total. The molecule has 0 radical (unpaired) electrons. The summed E-state index contributed by atoms with van der Waals surface area (Å²) in [7, 11) is -4.21. The van der Waals surface area contributed by atoms with Crippen LogP contribution in [0.3, 0.4) is 0 Å². The first-order valence-electron chi connectivity index (χ1n) is 4.15. The van der Waals surface area contributed by atoms with Crippen LogP contribution in [0.2, 0.25) is 0 Å². The van der Waals surface area contributed by atoms with E-state index in [0.29, 0.717) is 9.86 Å². The summed E-state index contributed by atoms with van der Waals surface area (Å²) in [6, 6.07) is 10.4. The Kier molecular flexibility index (Phi) is 5.16. The van der Waals surface area contributed by atoms with Crippen LogP contribution in [-0.2, 0) is 10.1 Å². The van der Waals surface area contributed by atoms with Gasteiger partial charge >= 0.3 is 51.4 Å². The van der Waals surface area contributed by atoms with Gasteiger partial charge in [-0.15, -0.1) is 0 Å². The Morgan fingerprint density at radius 2 is 1.69 bits per heavy atom. The van der Waals surface area contributed by atoms with Gasteiger partial charge in [0, 0.05) is 9.86 Å². The van der Waals surface area contributed by atoms with E-state index in [2.05, 4.69) is 15.9 Å². The molecule has 0 bridgehead atoms. The zero-order chi connectivity index (χ0) is 11.1. The van der Waals surface area contributed by atoms with Crippen molar-refractivity contribution in [1.82, 2.24) is 0 Å². The van der Waals surface area contributed by atoms with Gasteiger partial charge in [-0.1, -0.05) is 30.3 Å². The molecule has 0 amide bonds. The summed E-state index contributed by atoms with van der Waals surface area (Å²) < 4.78 is 31.9. The van der Waals surface area contributed by atoms with Gasteiger partial charge in [0.15, 0.2) is 0 Å². The zero-order valence-corrected chi connectivity index (χ0v) is 9.92. The van der Waals surface area contributed by atoms with E-state index >= 15 is 0 Å². The van der Waals surface area contributed by atoms with Gasteiger partial charge in [-0.2, -0.15) is 8.42 Å². The van der Waals surface area contributed by atoms with E-state index in [4.69, 9.17) is 4.55 Å². The molecule has 3 nitrogen and oxygen atoms in total. The van der Waals surface area contributed by atoms with Gasteiger partial charge in [0.2, 0.25) is 0 Å². The average molecular weight is 327 g/mol. The van der Waals surface area contributed by atoms with Crippen LogP contribution in [0.4, 0.5) is 0 Å². The maximum absolute atomic E-state index is 11.2. The van der Waals surface area contributed by atoms with E-state index in [1.807, 2.05) is 6.07 Å². The summed E-state index contributed by atoms with van der Waals surface area (Å²) in [5.74, 6) is 0. The topological polar surface area (TPSA) is 54.4 Å². The van der Waals surface area contributed by atoms with Crippen molar-refractivity contribution in [2.24, 2.45) is 0 Å². The average Bonchev–Trinajstić information content (AvgIpc) is 2.15. The van der Waals surface area contributed by atoms with E-state index in [-0.39, 0.29) is 56.3 Å². The van der Waals surface area contributed by atoms with Crippen LogP contribution < -0.4 is 0 Å². The molecule has 0 saturated carbocycles. The van der Waals surface area contributed by atoms with Gasteiger partial charge in [0.1, 0.15) is 4.90 Å². The van der Waals surface area contributed by atoms with Gasteiger partial charge in [0.25, 0.3) is 10.1 Å². The second-order valence-corrected chi connectivity index (χ2v) is 5.29. The number of halogens is 1. The molecule has 6 heteroatoms. The first-order valence-corrected chi connectivity index (χ1v) is 6.38. The molecule has 0 aliphatic rings. The Bertz CT molecular complexity index is 625. The van der Waals surface area contributed by atoms with Crippen molar-refractivity contribution in [1.29, 1.82) is 0 Å². The second kappa shape index (κ2) is 5.58. The number of hydrogen-bond donors (Lipinski definition) is 1. The van der Waals surface area contributed by atoms with Crippen LogP contribution in [-0.4, -0.2) is 64.4 Å². The molecule has 0 aliphatic carbocycles. The van der Waals surface area contributed by atoms with Gasteiger partial charge in [-0.3, -0.25) is 4.55 Å². The van der Waals surface area contributed by atoms with E-state index in [1.54, 1.807) is 30.3 Å². The Hall–Kier alpha value is 0.726. The van der Waals surface area contributed by atoms with Gasteiger partial charge in [0.05, 0.1) is 0 Å². The molecule has 80 valence electrons. The fourth-order valence-corrected chi connectivity index (χ4v) is 3.22. The van der Waals surface area contributed by atoms with Gasteiger partial charge in [-0.05, 0) is 27.4 Å². The van der Waals surface area contributed by atoms with Gasteiger partial charge in [-0.25, -0.2) is 0 Å². The molecule has 2 aromatic carbocycles. The number of rotatable bonds is 1. The van der Waals surface area contributed by atoms with E-state index in [9.17, 15) is 8.42 Å². The Labute approximate surface area is 145 Å². The number of fused-ring (bicyclic) bond motifs is 1. The summed E-state index contributed by atoms with van der Waals surface area (Å²) in [6.45, 7) is 0. The van der Waals surface area contributed by atoms with E-state index in [0.717, 1.165) is 5.39 Å². The SMILES string of the molecule is O=S(=O)(O)c1c(Br)ccc2ccccc12.[KH]. The van der Waals surface area contributed by atoms with Crippen molar-refractivity contribution in [3.63, 3.8) is 0 Å². The number of benzene rings is 2. The van der Waals surface area contributed by atoms with Crippen LogP contribution in [0, 0.1) is 0 Å². The van der Waals surface area contributed by atoms with Crippen molar-refractivity contribution in [3.8, 4) is 0 Å². The molecule has 0 heterocycles. The molecule has 0 saturated heterocycles. The van der Waals surface area contributed by atoms with E-state index in [1.165, 1.54) is 0 Å². The van der Waals surface area contributed by atoms with Crippen molar-refractivity contribution in [2.45, 2.75) is 4.90 Å². The van der Waals surface area contributed by atoms with Crippen LogP contribution in [0.5, 0.6) is 0 Å². The fraction of sp³-hybridized carbons (Fsp3) is 0. The van der Waals surface area contributed by atoms with Crippen molar-refractivity contribution in [2.75, 3.05) is 0 Å². The van der Waals surface area contributed by atoms with Crippen molar-refractivity contribution < 1.29 is 13.0 Å². The molecule has 2 rings (SSSR count). The molecule has 0 fully saturated rings. The summed E-state index contributed by atoms with van der Waals surface area (Å²) in [5, 5.41) is 1.28. The monoisotopic (exact) mass is 326 g/mol. The van der Waals surface area contributed by atoms with Crippen LogP contribution >= 0.6 is 15.9 Å². The molecule has 0 atom stereocenters. The molecule has 0 aliphatic heterocycles. The summed E-state index contributed by atoms with van der Waals surface area (Å²) in [4.78, 5) is -0.0828. The third kappa shape index (κ3) is 2.94. The van der Waals surface area contributed by atoms with Crippen molar-refractivity contribution >= 4 is 88.2 Å². The Morgan fingerprint density at radius 3 is 2.31 bits per heavy atom. The molecule has 0 spiro atoms. The third-order valence-electron chi connectivity index (χ3n) is 2.09. The quantitative estimate of drug-likeness (QED) is 0.645. The van der Waals surface area contributed by atoms with Crippen molar-refractivity contribution in [3.05, 3.63) is 40.9 Å².